The minimum atomic E-state index is -0.624. The Labute approximate surface area is 90.2 Å². The molecule has 0 saturated carbocycles. The molecule has 1 N–H and O–H groups in total. The zero-order valence-electron chi connectivity index (χ0n) is 9.37. The minimum absolute atomic E-state index is 0.0994. The van der Waals surface area contributed by atoms with Gasteiger partial charge in [0, 0.05) is 11.5 Å². The maximum atomic E-state index is 11.0. The molecule has 2 unspecified atom stereocenters. The van der Waals surface area contributed by atoms with Crippen molar-refractivity contribution in [2.75, 3.05) is 18.6 Å². The molecule has 0 spiro atoms. The number of methoxy groups -OCH3 is 1. The fourth-order valence-electron chi connectivity index (χ4n) is 0.827. The van der Waals surface area contributed by atoms with Crippen molar-refractivity contribution in [1.29, 1.82) is 0 Å². The normalized spacial score (nSPS) is 17.2. The summed E-state index contributed by atoms with van der Waals surface area (Å²) in [6.07, 6.45) is 0.729. The Kier molecular flexibility index (Phi) is 6.20. The number of carbonyl (C=O) groups excluding carboxylic acids is 1. The number of carbonyl (C=O) groups is 1. The molecule has 0 aliphatic heterocycles. The SMILES string of the molecule is CCC(C)(O)CSCC(C)C(=O)OC. The average molecular weight is 220 g/mol. The molecule has 0 aliphatic carbocycles. The molecule has 4 heteroatoms. The standard InChI is InChI=1S/C10H20O3S/c1-5-10(3,12)7-14-6-8(2)9(11)13-4/h8,12H,5-7H2,1-4H3. The first kappa shape index (κ1) is 13.8. The molecule has 84 valence electrons. The maximum absolute atomic E-state index is 11.0. The Balaban J connectivity index is 3.69. The highest BCUT2D eigenvalue weighted by molar-refractivity contribution is 7.99. The van der Waals surface area contributed by atoms with Gasteiger partial charge in [0.2, 0.25) is 0 Å². The van der Waals surface area contributed by atoms with Crippen LogP contribution in [-0.2, 0) is 9.53 Å². The summed E-state index contributed by atoms with van der Waals surface area (Å²) in [5.74, 6) is 1.07. The van der Waals surface area contributed by atoms with E-state index in [1.807, 2.05) is 20.8 Å². The number of thioether (sulfide) groups is 1. The van der Waals surface area contributed by atoms with E-state index in [1.54, 1.807) is 11.8 Å². The van der Waals surface area contributed by atoms with Crippen molar-refractivity contribution in [2.24, 2.45) is 5.92 Å². The van der Waals surface area contributed by atoms with Gasteiger partial charge in [-0.25, -0.2) is 0 Å². The largest absolute Gasteiger partial charge is 0.469 e. The number of ether oxygens (including phenoxy) is 1. The van der Waals surface area contributed by atoms with Crippen LogP contribution in [0.1, 0.15) is 27.2 Å². The van der Waals surface area contributed by atoms with Crippen LogP contribution >= 0.6 is 11.8 Å². The predicted octanol–water partition coefficient (Wildman–Crippen LogP) is 1.69. The number of aliphatic hydroxyl groups is 1. The third-order valence-electron chi connectivity index (χ3n) is 2.15. The second-order valence-electron chi connectivity index (χ2n) is 3.79. The van der Waals surface area contributed by atoms with E-state index in [9.17, 15) is 9.90 Å². The molecule has 0 heterocycles. The van der Waals surface area contributed by atoms with Crippen molar-refractivity contribution in [3.05, 3.63) is 0 Å². The van der Waals surface area contributed by atoms with Crippen LogP contribution in [0.4, 0.5) is 0 Å². The first-order chi connectivity index (χ1) is 6.43. The van der Waals surface area contributed by atoms with Crippen LogP contribution in [-0.4, -0.2) is 35.3 Å². The molecule has 0 aromatic heterocycles. The Bertz CT molecular complexity index is 180. The van der Waals surface area contributed by atoms with Gasteiger partial charge in [0.1, 0.15) is 0 Å². The number of hydrogen-bond acceptors (Lipinski definition) is 4. The van der Waals surface area contributed by atoms with E-state index >= 15 is 0 Å². The molecule has 0 radical (unpaired) electrons. The van der Waals surface area contributed by atoms with E-state index in [4.69, 9.17) is 0 Å². The number of hydrogen-bond donors (Lipinski definition) is 1. The van der Waals surface area contributed by atoms with Gasteiger partial charge in [-0.05, 0) is 13.3 Å². The summed E-state index contributed by atoms with van der Waals surface area (Å²) >= 11 is 1.59. The van der Waals surface area contributed by atoms with Gasteiger partial charge in [0.25, 0.3) is 0 Å². The first-order valence-electron chi connectivity index (χ1n) is 4.81. The lowest BCUT2D eigenvalue weighted by atomic mass is 10.1. The van der Waals surface area contributed by atoms with Gasteiger partial charge in [-0.1, -0.05) is 13.8 Å². The topological polar surface area (TPSA) is 46.5 Å². The highest BCUT2D eigenvalue weighted by Gasteiger charge is 2.19. The van der Waals surface area contributed by atoms with Crippen LogP contribution in [0.5, 0.6) is 0 Å². The molecule has 14 heavy (non-hydrogen) atoms. The summed E-state index contributed by atoms with van der Waals surface area (Å²) in [4.78, 5) is 11.0. The van der Waals surface area contributed by atoms with E-state index in [2.05, 4.69) is 4.74 Å². The van der Waals surface area contributed by atoms with Gasteiger partial charge in [0.05, 0.1) is 18.6 Å². The minimum Gasteiger partial charge on any atom is -0.469 e. The Morgan fingerprint density at radius 2 is 2.21 bits per heavy atom. The van der Waals surface area contributed by atoms with Gasteiger partial charge in [-0.3, -0.25) is 4.79 Å². The van der Waals surface area contributed by atoms with Crippen molar-refractivity contribution in [3.63, 3.8) is 0 Å². The van der Waals surface area contributed by atoms with Crippen molar-refractivity contribution in [2.45, 2.75) is 32.8 Å². The lowest BCUT2D eigenvalue weighted by Crippen LogP contribution is -2.27. The quantitative estimate of drug-likeness (QED) is 0.692. The second-order valence-corrected chi connectivity index (χ2v) is 4.82. The summed E-state index contributed by atoms with van der Waals surface area (Å²) in [6, 6.07) is 0. The van der Waals surface area contributed by atoms with Crippen LogP contribution in [0.15, 0.2) is 0 Å². The highest BCUT2D eigenvalue weighted by Crippen LogP contribution is 2.18. The van der Waals surface area contributed by atoms with Gasteiger partial charge in [0.15, 0.2) is 0 Å². The summed E-state index contributed by atoms with van der Waals surface area (Å²) in [5.41, 5.74) is -0.624. The summed E-state index contributed by atoms with van der Waals surface area (Å²) < 4.78 is 4.61. The van der Waals surface area contributed by atoms with E-state index in [1.165, 1.54) is 7.11 Å². The molecular formula is C10H20O3S. The van der Waals surface area contributed by atoms with Crippen LogP contribution in [0.2, 0.25) is 0 Å². The van der Waals surface area contributed by atoms with E-state index in [0.29, 0.717) is 11.5 Å². The third-order valence-corrected chi connectivity index (χ3v) is 3.71. The van der Waals surface area contributed by atoms with E-state index in [0.717, 1.165) is 6.42 Å². The molecule has 0 aliphatic rings. The van der Waals surface area contributed by atoms with Crippen molar-refractivity contribution < 1.29 is 14.6 Å². The fourth-order valence-corrected chi connectivity index (χ4v) is 2.08. The smallest absolute Gasteiger partial charge is 0.309 e. The van der Waals surface area contributed by atoms with Crippen molar-refractivity contribution >= 4 is 17.7 Å². The molecule has 0 rings (SSSR count). The third kappa shape index (κ3) is 5.50. The van der Waals surface area contributed by atoms with Crippen LogP contribution in [0.3, 0.4) is 0 Å². The summed E-state index contributed by atoms with van der Waals surface area (Å²) in [7, 11) is 1.39. The molecule has 0 fully saturated rings. The van der Waals surface area contributed by atoms with Crippen LogP contribution < -0.4 is 0 Å². The zero-order valence-corrected chi connectivity index (χ0v) is 10.2. The average Bonchev–Trinajstić information content (AvgIpc) is 2.16. The zero-order chi connectivity index (χ0) is 11.2. The second kappa shape index (κ2) is 6.30. The predicted molar refractivity (Wildman–Crippen MR) is 59.4 cm³/mol. The maximum Gasteiger partial charge on any atom is 0.309 e. The summed E-state index contributed by atoms with van der Waals surface area (Å²) in [6.45, 7) is 5.59. The molecule has 0 bridgehead atoms. The van der Waals surface area contributed by atoms with E-state index in [-0.39, 0.29) is 11.9 Å². The molecular weight excluding hydrogens is 200 g/mol. The highest BCUT2D eigenvalue weighted by atomic mass is 32.2. The van der Waals surface area contributed by atoms with Gasteiger partial charge >= 0.3 is 5.97 Å². The number of esters is 1. The van der Waals surface area contributed by atoms with Gasteiger partial charge < -0.3 is 9.84 Å². The molecule has 0 saturated heterocycles. The van der Waals surface area contributed by atoms with Crippen molar-refractivity contribution in [3.8, 4) is 0 Å². The monoisotopic (exact) mass is 220 g/mol. The first-order valence-corrected chi connectivity index (χ1v) is 5.96. The lowest BCUT2D eigenvalue weighted by molar-refractivity contribution is -0.144. The van der Waals surface area contributed by atoms with Crippen LogP contribution in [0.25, 0.3) is 0 Å². The lowest BCUT2D eigenvalue weighted by Gasteiger charge is -2.21. The Hall–Kier alpha value is -0.220. The number of rotatable bonds is 6. The molecule has 0 aromatic carbocycles. The molecule has 0 amide bonds. The fraction of sp³-hybridized carbons (Fsp3) is 0.900. The van der Waals surface area contributed by atoms with Gasteiger partial charge in [-0.2, -0.15) is 11.8 Å². The Morgan fingerprint density at radius 3 is 2.64 bits per heavy atom. The van der Waals surface area contributed by atoms with Crippen molar-refractivity contribution in [1.82, 2.24) is 0 Å². The van der Waals surface area contributed by atoms with Crippen LogP contribution in [0, 0.1) is 5.92 Å². The van der Waals surface area contributed by atoms with E-state index < -0.39 is 5.60 Å². The van der Waals surface area contributed by atoms with Gasteiger partial charge in [-0.15, -0.1) is 0 Å². The molecule has 0 aromatic rings. The molecule has 2 atom stereocenters. The Morgan fingerprint density at radius 1 is 1.64 bits per heavy atom. The summed E-state index contributed by atoms with van der Waals surface area (Å²) in [5, 5.41) is 9.69. The molecule has 3 nitrogen and oxygen atoms in total.